The summed E-state index contributed by atoms with van der Waals surface area (Å²) in [6, 6.07) is 5.71. The zero-order chi connectivity index (χ0) is 14.8. The summed E-state index contributed by atoms with van der Waals surface area (Å²) in [5.41, 5.74) is 2.73. The fourth-order valence-electron chi connectivity index (χ4n) is 2.30. The zero-order valence-electron chi connectivity index (χ0n) is 12.0. The number of aromatic nitrogens is 5. The minimum Gasteiger partial charge on any atom is -0.481 e. The van der Waals surface area contributed by atoms with Gasteiger partial charge in [-0.2, -0.15) is 10.1 Å². The van der Waals surface area contributed by atoms with E-state index < -0.39 is 0 Å². The number of imidazole rings is 1. The standard InChI is InChI=1S/C14H16ClN5O/c1-19-10(6-8-16-19)9-20-12(5-7-15)17-11-3-4-13(21-2)18-14(11)20/h3-4,6,8H,5,7,9H2,1-2H3. The molecule has 0 aliphatic heterocycles. The maximum atomic E-state index is 5.89. The topological polar surface area (TPSA) is 57.8 Å². The van der Waals surface area contributed by atoms with Crippen molar-refractivity contribution >= 4 is 22.8 Å². The van der Waals surface area contributed by atoms with Crippen LogP contribution in [-0.4, -0.2) is 37.3 Å². The number of hydrogen-bond donors (Lipinski definition) is 0. The van der Waals surface area contributed by atoms with Crippen LogP contribution in [0.5, 0.6) is 5.88 Å². The van der Waals surface area contributed by atoms with Crippen LogP contribution in [0.4, 0.5) is 0 Å². The molecule has 0 amide bonds. The van der Waals surface area contributed by atoms with Gasteiger partial charge in [0.2, 0.25) is 5.88 Å². The van der Waals surface area contributed by atoms with Gasteiger partial charge in [0.15, 0.2) is 5.65 Å². The van der Waals surface area contributed by atoms with Crippen molar-refractivity contribution in [2.75, 3.05) is 13.0 Å². The lowest BCUT2D eigenvalue weighted by molar-refractivity contribution is 0.399. The Morgan fingerprint density at radius 1 is 1.24 bits per heavy atom. The molecule has 3 heterocycles. The van der Waals surface area contributed by atoms with Crippen molar-refractivity contribution < 1.29 is 4.74 Å². The summed E-state index contributed by atoms with van der Waals surface area (Å²) in [6.45, 7) is 0.652. The molecule has 0 spiro atoms. The largest absolute Gasteiger partial charge is 0.481 e. The summed E-state index contributed by atoms with van der Waals surface area (Å²) in [5.74, 6) is 2.01. The van der Waals surface area contributed by atoms with E-state index in [4.69, 9.17) is 16.3 Å². The monoisotopic (exact) mass is 305 g/mol. The molecular formula is C14H16ClN5O. The highest BCUT2D eigenvalue weighted by molar-refractivity contribution is 6.17. The number of rotatable bonds is 5. The predicted octanol–water partition coefficient (Wildman–Crippen LogP) is 2.00. The van der Waals surface area contributed by atoms with E-state index in [2.05, 4.69) is 19.6 Å². The van der Waals surface area contributed by atoms with Gasteiger partial charge in [-0.05, 0) is 12.1 Å². The molecule has 0 aliphatic rings. The molecule has 0 aliphatic carbocycles. The van der Waals surface area contributed by atoms with E-state index in [1.54, 1.807) is 13.3 Å². The highest BCUT2D eigenvalue weighted by atomic mass is 35.5. The second-order valence-electron chi connectivity index (χ2n) is 4.70. The van der Waals surface area contributed by atoms with E-state index in [1.165, 1.54) is 0 Å². The average Bonchev–Trinajstić information content (AvgIpc) is 3.04. The summed E-state index contributed by atoms with van der Waals surface area (Å²) < 4.78 is 9.12. The molecule has 3 aromatic rings. The molecule has 3 rings (SSSR count). The zero-order valence-corrected chi connectivity index (χ0v) is 12.7. The molecule has 0 atom stereocenters. The molecule has 0 unspecified atom stereocenters. The lowest BCUT2D eigenvalue weighted by Crippen LogP contribution is -2.10. The third-order valence-corrected chi connectivity index (χ3v) is 3.60. The SMILES string of the molecule is COc1ccc2nc(CCCl)n(Cc3ccnn3C)c2n1. The number of nitrogens with zero attached hydrogens (tertiary/aromatic N) is 5. The Morgan fingerprint density at radius 2 is 2.10 bits per heavy atom. The van der Waals surface area contributed by atoms with Crippen LogP contribution in [0, 0.1) is 0 Å². The van der Waals surface area contributed by atoms with Gasteiger partial charge in [-0.3, -0.25) is 4.68 Å². The molecule has 0 aromatic carbocycles. The van der Waals surface area contributed by atoms with Crippen molar-refractivity contribution in [1.29, 1.82) is 0 Å². The van der Waals surface area contributed by atoms with Gasteiger partial charge in [0.1, 0.15) is 11.3 Å². The van der Waals surface area contributed by atoms with Crippen LogP contribution in [0.1, 0.15) is 11.5 Å². The number of ether oxygens (including phenoxy) is 1. The second kappa shape index (κ2) is 5.73. The number of aryl methyl sites for hydroxylation is 2. The maximum Gasteiger partial charge on any atom is 0.215 e. The van der Waals surface area contributed by atoms with Crippen molar-refractivity contribution in [3.63, 3.8) is 0 Å². The Morgan fingerprint density at radius 3 is 2.76 bits per heavy atom. The van der Waals surface area contributed by atoms with E-state index in [9.17, 15) is 0 Å². The molecule has 6 nitrogen and oxygen atoms in total. The summed E-state index contributed by atoms with van der Waals surface area (Å²) >= 11 is 5.89. The lowest BCUT2D eigenvalue weighted by Gasteiger charge is -2.08. The second-order valence-corrected chi connectivity index (χ2v) is 5.07. The van der Waals surface area contributed by atoms with E-state index >= 15 is 0 Å². The Bertz CT molecular complexity index is 764. The molecule has 0 saturated heterocycles. The van der Waals surface area contributed by atoms with Crippen LogP contribution < -0.4 is 4.74 Å². The first kappa shape index (κ1) is 13.9. The molecule has 0 radical (unpaired) electrons. The van der Waals surface area contributed by atoms with Crippen LogP contribution >= 0.6 is 11.6 Å². The van der Waals surface area contributed by atoms with E-state index in [1.807, 2.05) is 29.9 Å². The lowest BCUT2D eigenvalue weighted by atomic mass is 10.3. The maximum absolute atomic E-state index is 5.89. The Balaban J connectivity index is 2.12. The summed E-state index contributed by atoms with van der Waals surface area (Å²) in [5, 5.41) is 4.20. The molecular weight excluding hydrogens is 290 g/mol. The third kappa shape index (κ3) is 2.58. The Kier molecular flexibility index (Phi) is 3.79. The van der Waals surface area contributed by atoms with Crippen LogP contribution in [0.2, 0.25) is 0 Å². The van der Waals surface area contributed by atoms with Crippen molar-refractivity contribution in [2.45, 2.75) is 13.0 Å². The minimum atomic E-state index is 0.520. The number of methoxy groups -OCH3 is 1. The van der Waals surface area contributed by atoms with Gasteiger partial charge < -0.3 is 9.30 Å². The first-order chi connectivity index (χ1) is 10.2. The summed E-state index contributed by atoms with van der Waals surface area (Å²) in [4.78, 5) is 9.13. The molecule has 3 aromatic heterocycles. The van der Waals surface area contributed by atoms with Crippen LogP contribution in [0.3, 0.4) is 0 Å². The minimum absolute atomic E-state index is 0.520. The highest BCUT2D eigenvalue weighted by Gasteiger charge is 2.14. The quantitative estimate of drug-likeness (QED) is 0.677. The average molecular weight is 306 g/mol. The van der Waals surface area contributed by atoms with Gasteiger partial charge in [0.05, 0.1) is 19.3 Å². The summed E-state index contributed by atoms with van der Waals surface area (Å²) in [6.07, 6.45) is 2.47. The third-order valence-electron chi connectivity index (χ3n) is 3.42. The smallest absolute Gasteiger partial charge is 0.215 e. The molecule has 0 bridgehead atoms. The molecule has 0 saturated carbocycles. The van der Waals surface area contributed by atoms with Crippen molar-refractivity contribution in [1.82, 2.24) is 24.3 Å². The van der Waals surface area contributed by atoms with E-state index in [-0.39, 0.29) is 0 Å². The molecule has 21 heavy (non-hydrogen) atoms. The van der Waals surface area contributed by atoms with Gasteiger partial charge in [-0.1, -0.05) is 0 Å². The first-order valence-corrected chi connectivity index (χ1v) is 7.19. The Hall–Kier alpha value is -2.08. The molecule has 0 N–H and O–H groups in total. The van der Waals surface area contributed by atoms with Crippen molar-refractivity contribution in [2.24, 2.45) is 7.05 Å². The summed E-state index contributed by atoms with van der Waals surface area (Å²) in [7, 11) is 3.53. The number of halogens is 1. The van der Waals surface area contributed by atoms with Gasteiger partial charge >= 0.3 is 0 Å². The predicted molar refractivity (Wildman–Crippen MR) is 80.8 cm³/mol. The molecule has 0 fully saturated rings. The Labute approximate surface area is 127 Å². The molecule has 110 valence electrons. The van der Waals surface area contributed by atoms with Gasteiger partial charge in [0.25, 0.3) is 0 Å². The fraction of sp³-hybridized carbons (Fsp3) is 0.357. The van der Waals surface area contributed by atoms with Crippen LogP contribution in [0.25, 0.3) is 11.2 Å². The normalized spacial score (nSPS) is 11.2. The van der Waals surface area contributed by atoms with Gasteiger partial charge in [-0.15, -0.1) is 11.6 Å². The number of pyridine rings is 1. The van der Waals surface area contributed by atoms with Crippen molar-refractivity contribution in [3.05, 3.63) is 35.9 Å². The van der Waals surface area contributed by atoms with Crippen molar-refractivity contribution in [3.8, 4) is 5.88 Å². The highest BCUT2D eigenvalue weighted by Crippen LogP contribution is 2.20. The van der Waals surface area contributed by atoms with Crippen LogP contribution in [-0.2, 0) is 20.0 Å². The van der Waals surface area contributed by atoms with Crippen LogP contribution in [0.15, 0.2) is 24.4 Å². The number of alkyl halides is 1. The fourth-order valence-corrected chi connectivity index (χ4v) is 2.47. The number of hydrogen-bond acceptors (Lipinski definition) is 4. The van der Waals surface area contributed by atoms with Gasteiger partial charge in [0, 0.05) is 31.6 Å². The van der Waals surface area contributed by atoms with E-state index in [0.717, 1.165) is 22.7 Å². The molecule has 7 heteroatoms. The van der Waals surface area contributed by atoms with E-state index in [0.29, 0.717) is 24.7 Å². The van der Waals surface area contributed by atoms with Gasteiger partial charge in [-0.25, -0.2) is 4.98 Å². The first-order valence-electron chi connectivity index (χ1n) is 6.66. The number of fused-ring (bicyclic) bond motifs is 1.